The lowest BCUT2D eigenvalue weighted by atomic mass is 9.92. The Balaban J connectivity index is 1.53. The number of carboxylic acids is 1. The SMILES string of the molecule is Cc1nc2cc3nn2c(c1[C@H](OC(C)(C)C)C(=O)O)N1CCC(C)(CC1)OCCCC[C@@H](C)Oc1cc(F)ccc1-c1cccc-3c1. The van der Waals surface area contributed by atoms with E-state index in [-0.39, 0.29) is 17.5 Å². The number of piperidine rings is 1. The first kappa shape index (κ1) is 32.9. The quantitative estimate of drug-likeness (QED) is 0.242. The number of fused-ring (bicyclic) bond motifs is 8. The highest BCUT2D eigenvalue weighted by Gasteiger charge is 2.38. The molecule has 3 aliphatic rings. The minimum absolute atomic E-state index is 0.0968. The van der Waals surface area contributed by atoms with Crippen LogP contribution in [0.3, 0.4) is 0 Å². The van der Waals surface area contributed by atoms with Crippen LogP contribution in [0.15, 0.2) is 48.5 Å². The van der Waals surface area contributed by atoms with Gasteiger partial charge in [-0.15, -0.1) is 0 Å². The van der Waals surface area contributed by atoms with Crippen LogP contribution in [0.5, 0.6) is 5.75 Å². The number of hydrogen-bond donors (Lipinski definition) is 1. The number of aryl methyl sites for hydroxylation is 1. The smallest absolute Gasteiger partial charge is 0.337 e. The summed E-state index contributed by atoms with van der Waals surface area (Å²) in [7, 11) is 0. The van der Waals surface area contributed by atoms with E-state index < -0.39 is 17.7 Å². The van der Waals surface area contributed by atoms with Crippen molar-refractivity contribution < 1.29 is 28.5 Å². The monoisotopic (exact) mass is 644 g/mol. The van der Waals surface area contributed by atoms with Crippen LogP contribution < -0.4 is 9.64 Å². The number of ether oxygens (including phenoxy) is 3. The molecule has 250 valence electrons. The predicted molar refractivity (Wildman–Crippen MR) is 180 cm³/mol. The summed E-state index contributed by atoms with van der Waals surface area (Å²) >= 11 is 0. The lowest BCUT2D eigenvalue weighted by Gasteiger charge is -2.41. The Morgan fingerprint density at radius 1 is 1.11 bits per heavy atom. The molecule has 9 nitrogen and oxygen atoms in total. The molecule has 0 unspecified atom stereocenters. The molecule has 0 radical (unpaired) electrons. The van der Waals surface area contributed by atoms with E-state index in [1.54, 1.807) is 10.6 Å². The Kier molecular flexibility index (Phi) is 9.02. The molecule has 0 aliphatic carbocycles. The number of aliphatic carboxylic acids is 1. The van der Waals surface area contributed by atoms with Crippen molar-refractivity contribution in [1.82, 2.24) is 14.6 Å². The largest absolute Gasteiger partial charge is 0.490 e. The number of halogens is 1. The lowest BCUT2D eigenvalue weighted by Crippen LogP contribution is -2.46. The molecular formula is C37H45FN4O5. The molecule has 10 heteroatoms. The van der Waals surface area contributed by atoms with Crippen molar-refractivity contribution in [2.24, 2.45) is 0 Å². The standard InChI is InChI=1S/C37H45FN4O5/c1-23-10-7-8-19-45-37(6)15-17-41(18-16-37)34-32(33(35(43)44)47-36(3,4)5)24(2)39-31-22-29(40-42(31)34)26-12-9-11-25(20-26)28-14-13-27(38)21-30(28)46-23/h9,11-14,20-23,33H,7-8,10,15-19H2,1-6H3,(H,43,44)/t23-,33+/m1/s1. The summed E-state index contributed by atoms with van der Waals surface area (Å²) in [6.45, 7) is 13.5. The molecule has 0 saturated carbocycles. The van der Waals surface area contributed by atoms with Crippen LogP contribution in [0.4, 0.5) is 10.2 Å². The topological polar surface area (TPSA) is 98.4 Å². The molecule has 2 atom stereocenters. The first-order chi connectivity index (χ1) is 22.3. The van der Waals surface area contributed by atoms with Gasteiger partial charge in [0, 0.05) is 48.6 Å². The second-order valence-corrected chi connectivity index (χ2v) is 14.1. The second kappa shape index (κ2) is 12.9. The van der Waals surface area contributed by atoms with Crippen molar-refractivity contribution in [2.75, 3.05) is 24.6 Å². The fraction of sp³-hybridized carbons (Fsp3) is 0.486. The summed E-state index contributed by atoms with van der Waals surface area (Å²) in [5.41, 5.74) is 3.85. The first-order valence-corrected chi connectivity index (χ1v) is 16.6. The molecule has 0 spiro atoms. The number of nitrogens with zero attached hydrogens (tertiary/aromatic N) is 4. The molecule has 6 bridgehead atoms. The number of aromatic nitrogens is 3. The molecule has 0 amide bonds. The van der Waals surface area contributed by atoms with E-state index in [1.807, 2.05) is 65.0 Å². The van der Waals surface area contributed by atoms with E-state index in [0.717, 1.165) is 48.8 Å². The van der Waals surface area contributed by atoms with Crippen LogP contribution in [0, 0.1) is 12.7 Å². The van der Waals surface area contributed by atoms with Gasteiger partial charge in [0.15, 0.2) is 11.8 Å². The van der Waals surface area contributed by atoms with Crippen molar-refractivity contribution in [3.63, 3.8) is 0 Å². The van der Waals surface area contributed by atoms with Crippen molar-refractivity contribution in [1.29, 1.82) is 0 Å². The predicted octanol–water partition coefficient (Wildman–Crippen LogP) is 7.78. The molecule has 4 aromatic rings. The molecule has 3 aliphatic heterocycles. The lowest BCUT2D eigenvalue weighted by molar-refractivity contribution is -0.160. The van der Waals surface area contributed by atoms with E-state index in [0.29, 0.717) is 53.9 Å². The molecule has 47 heavy (non-hydrogen) atoms. The van der Waals surface area contributed by atoms with Gasteiger partial charge in [-0.1, -0.05) is 18.2 Å². The zero-order chi connectivity index (χ0) is 33.5. The summed E-state index contributed by atoms with van der Waals surface area (Å²) in [6.07, 6.45) is 2.83. The van der Waals surface area contributed by atoms with Crippen LogP contribution in [0.2, 0.25) is 0 Å². The highest BCUT2D eigenvalue weighted by atomic mass is 19.1. The zero-order valence-electron chi connectivity index (χ0n) is 28.2. The molecule has 7 rings (SSSR count). The van der Waals surface area contributed by atoms with E-state index in [1.165, 1.54) is 12.1 Å². The minimum Gasteiger partial charge on any atom is -0.490 e. The summed E-state index contributed by atoms with van der Waals surface area (Å²) in [5.74, 6) is -0.265. The maximum absolute atomic E-state index is 14.5. The Labute approximate surface area is 275 Å². The number of anilines is 1. The molecule has 1 N–H and O–H groups in total. The summed E-state index contributed by atoms with van der Waals surface area (Å²) in [6, 6.07) is 14.5. The summed E-state index contributed by atoms with van der Waals surface area (Å²) in [5, 5.41) is 15.5. The van der Waals surface area contributed by atoms with Gasteiger partial charge in [-0.05, 0) is 97.4 Å². The number of carboxylic acid groups (broad SMARTS) is 1. The van der Waals surface area contributed by atoms with Crippen LogP contribution in [-0.4, -0.2) is 62.7 Å². The molecule has 1 saturated heterocycles. The first-order valence-electron chi connectivity index (χ1n) is 16.6. The highest BCUT2D eigenvalue weighted by Crippen LogP contribution is 2.39. The fourth-order valence-electron chi connectivity index (χ4n) is 6.60. The molecule has 5 heterocycles. The molecular weight excluding hydrogens is 599 g/mol. The van der Waals surface area contributed by atoms with Gasteiger partial charge >= 0.3 is 5.97 Å². The van der Waals surface area contributed by atoms with Gasteiger partial charge in [-0.3, -0.25) is 0 Å². The Bertz CT molecular complexity index is 1770. The van der Waals surface area contributed by atoms with Crippen molar-refractivity contribution in [3.05, 3.63) is 65.6 Å². The minimum atomic E-state index is -1.24. The highest BCUT2D eigenvalue weighted by molar-refractivity contribution is 5.80. The maximum Gasteiger partial charge on any atom is 0.337 e. The van der Waals surface area contributed by atoms with E-state index >= 15 is 0 Å². The average Bonchev–Trinajstić information content (AvgIpc) is 3.43. The van der Waals surface area contributed by atoms with Crippen molar-refractivity contribution in [3.8, 4) is 28.1 Å². The molecule has 1 fully saturated rings. The Morgan fingerprint density at radius 2 is 1.85 bits per heavy atom. The van der Waals surface area contributed by atoms with Gasteiger partial charge in [0.05, 0.1) is 28.6 Å². The van der Waals surface area contributed by atoms with Gasteiger partial charge in [-0.25, -0.2) is 14.2 Å². The van der Waals surface area contributed by atoms with Gasteiger partial charge in [0.1, 0.15) is 17.4 Å². The Hall–Kier alpha value is -4.02. The number of hydrogen-bond acceptors (Lipinski definition) is 7. The zero-order valence-corrected chi connectivity index (χ0v) is 28.2. The van der Waals surface area contributed by atoms with E-state index in [2.05, 4.69) is 11.8 Å². The average molecular weight is 645 g/mol. The Morgan fingerprint density at radius 3 is 2.57 bits per heavy atom. The van der Waals surface area contributed by atoms with Crippen LogP contribution in [-0.2, 0) is 14.3 Å². The second-order valence-electron chi connectivity index (χ2n) is 14.1. The number of rotatable bonds is 3. The number of carbonyl (C=O) groups is 1. The van der Waals surface area contributed by atoms with Gasteiger partial charge in [-0.2, -0.15) is 9.61 Å². The van der Waals surface area contributed by atoms with Crippen LogP contribution in [0.1, 0.15) is 84.1 Å². The van der Waals surface area contributed by atoms with Crippen molar-refractivity contribution in [2.45, 2.75) is 97.1 Å². The van der Waals surface area contributed by atoms with Gasteiger partial charge < -0.3 is 24.2 Å². The number of benzene rings is 2. The fourth-order valence-corrected chi connectivity index (χ4v) is 6.60. The summed E-state index contributed by atoms with van der Waals surface area (Å²) < 4.78 is 35.2. The third-order valence-electron chi connectivity index (χ3n) is 9.08. The summed E-state index contributed by atoms with van der Waals surface area (Å²) in [4.78, 5) is 19.9. The third-order valence-corrected chi connectivity index (χ3v) is 9.08. The van der Waals surface area contributed by atoms with Gasteiger partial charge in [0.2, 0.25) is 0 Å². The van der Waals surface area contributed by atoms with Gasteiger partial charge in [0.25, 0.3) is 0 Å². The normalized spacial score (nSPS) is 21.3. The molecule has 2 aromatic heterocycles. The molecule has 2 aromatic carbocycles. The van der Waals surface area contributed by atoms with E-state index in [4.69, 9.17) is 24.3 Å². The van der Waals surface area contributed by atoms with E-state index in [9.17, 15) is 14.3 Å². The van der Waals surface area contributed by atoms with Crippen LogP contribution in [0.25, 0.3) is 28.0 Å². The van der Waals surface area contributed by atoms with Crippen molar-refractivity contribution >= 4 is 17.4 Å². The maximum atomic E-state index is 14.5. The van der Waals surface area contributed by atoms with Crippen LogP contribution >= 0.6 is 0 Å². The third kappa shape index (κ3) is 7.13.